The highest BCUT2D eigenvalue weighted by atomic mass is 32.1. The smallest absolute Gasteiger partial charge is 0.184 e. The zero-order chi connectivity index (χ0) is 17.2. The molecular weight excluding hydrogens is 350 g/mol. The molecule has 0 radical (unpaired) electrons. The molecule has 2 aromatic carbocycles. The van der Waals surface area contributed by atoms with Crippen LogP contribution in [0.2, 0.25) is 0 Å². The molecule has 2 heterocycles. The number of aryl methyl sites for hydroxylation is 1. The molecule has 0 atom stereocenters. The number of methoxy groups -OCH3 is 1. The average Bonchev–Trinajstić information content (AvgIpc) is 3.26. The van der Waals surface area contributed by atoms with Crippen LogP contribution in [-0.4, -0.2) is 17.1 Å². The fraction of sp³-hybridized carbons (Fsp3) is 0.158. The average molecular weight is 367 g/mol. The lowest BCUT2D eigenvalue weighted by atomic mass is 10.1. The lowest BCUT2D eigenvalue weighted by molar-refractivity contribution is 0.415. The number of hydrogen-bond donors (Lipinski definition) is 1. The second kappa shape index (κ2) is 6.82. The molecule has 0 saturated carbocycles. The fourth-order valence-electron chi connectivity index (χ4n) is 2.60. The number of nitrogens with zero attached hydrogens (tertiary/aromatic N) is 2. The molecule has 1 N–H and O–H groups in total. The third-order valence-corrected chi connectivity index (χ3v) is 5.84. The van der Waals surface area contributed by atoms with Gasteiger partial charge < -0.3 is 10.1 Å². The van der Waals surface area contributed by atoms with Crippen molar-refractivity contribution in [1.29, 1.82) is 0 Å². The second-order valence-corrected chi connectivity index (χ2v) is 7.55. The molecule has 0 fully saturated rings. The third-order valence-electron chi connectivity index (χ3n) is 3.94. The lowest BCUT2D eigenvalue weighted by Crippen LogP contribution is -1.99. The summed E-state index contributed by atoms with van der Waals surface area (Å²) >= 11 is 3.30. The molecule has 0 amide bonds. The number of ether oxygens (including phenoxy) is 1. The van der Waals surface area contributed by atoms with E-state index in [1.54, 1.807) is 29.8 Å². The van der Waals surface area contributed by atoms with Gasteiger partial charge in [0.2, 0.25) is 0 Å². The van der Waals surface area contributed by atoms with Gasteiger partial charge in [-0.15, -0.1) is 11.3 Å². The highest BCUT2D eigenvalue weighted by Crippen LogP contribution is 2.30. The Morgan fingerprint density at radius 1 is 1.12 bits per heavy atom. The molecule has 4 nitrogen and oxygen atoms in total. The van der Waals surface area contributed by atoms with Gasteiger partial charge in [0, 0.05) is 10.9 Å². The molecular formula is C19H17N3OS2. The summed E-state index contributed by atoms with van der Waals surface area (Å²) in [5.74, 6) is 0.852. The van der Waals surface area contributed by atoms with Gasteiger partial charge in [0.1, 0.15) is 10.8 Å². The van der Waals surface area contributed by atoms with Crippen molar-refractivity contribution < 1.29 is 4.74 Å². The first-order valence-electron chi connectivity index (χ1n) is 7.92. The van der Waals surface area contributed by atoms with Gasteiger partial charge in [-0.05, 0) is 30.7 Å². The first kappa shape index (κ1) is 16.1. The van der Waals surface area contributed by atoms with E-state index in [-0.39, 0.29) is 0 Å². The Hall–Kier alpha value is -2.44. The summed E-state index contributed by atoms with van der Waals surface area (Å²) in [6, 6.07) is 14.3. The maximum absolute atomic E-state index is 5.27. The number of fused-ring (bicyclic) bond motifs is 1. The van der Waals surface area contributed by atoms with Crippen LogP contribution in [0.15, 0.2) is 47.8 Å². The SMILES string of the molecule is COc1ccc2nc(NCc3csc(-c4ccccc4C)n3)sc2c1. The van der Waals surface area contributed by atoms with Crippen LogP contribution < -0.4 is 10.1 Å². The molecule has 25 heavy (non-hydrogen) atoms. The minimum Gasteiger partial charge on any atom is -0.497 e. The van der Waals surface area contributed by atoms with Crippen LogP contribution in [0.3, 0.4) is 0 Å². The maximum atomic E-state index is 5.27. The Morgan fingerprint density at radius 3 is 2.84 bits per heavy atom. The number of aromatic nitrogens is 2. The fourth-order valence-corrected chi connectivity index (χ4v) is 4.40. The summed E-state index contributed by atoms with van der Waals surface area (Å²) in [4.78, 5) is 9.36. The molecule has 0 unspecified atom stereocenters. The quantitative estimate of drug-likeness (QED) is 0.516. The van der Waals surface area contributed by atoms with E-state index in [0.717, 1.165) is 31.8 Å². The van der Waals surface area contributed by atoms with E-state index in [0.29, 0.717) is 6.54 Å². The molecule has 0 bridgehead atoms. The van der Waals surface area contributed by atoms with Gasteiger partial charge in [-0.2, -0.15) is 0 Å². The van der Waals surface area contributed by atoms with Crippen LogP contribution in [0.1, 0.15) is 11.3 Å². The van der Waals surface area contributed by atoms with Gasteiger partial charge in [0.05, 0.1) is 29.6 Å². The van der Waals surface area contributed by atoms with E-state index in [2.05, 4.69) is 46.9 Å². The number of thiazole rings is 2. The van der Waals surface area contributed by atoms with E-state index in [1.807, 2.05) is 18.2 Å². The highest BCUT2D eigenvalue weighted by molar-refractivity contribution is 7.22. The number of hydrogen-bond acceptors (Lipinski definition) is 6. The van der Waals surface area contributed by atoms with E-state index < -0.39 is 0 Å². The van der Waals surface area contributed by atoms with Gasteiger partial charge in [-0.25, -0.2) is 9.97 Å². The van der Waals surface area contributed by atoms with Crippen LogP contribution in [0.5, 0.6) is 5.75 Å². The van der Waals surface area contributed by atoms with Crippen LogP contribution in [0.25, 0.3) is 20.8 Å². The van der Waals surface area contributed by atoms with Crippen molar-refractivity contribution in [1.82, 2.24) is 9.97 Å². The Labute approximate surface area is 154 Å². The Balaban J connectivity index is 1.49. The van der Waals surface area contributed by atoms with Crippen molar-refractivity contribution in [3.05, 3.63) is 59.1 Å². The number of anilines is 1. The van der Waals surface area contributed by atoms with Crippen molar-refractivity contribution in [3.8, 4) is 16.3 Å². The number of nitrogens with one attached hydrogen (secondary N) is 1. The molecule has 126 valence electrons. The van der Waals surface area contributed by atoms with Crippen LogP contribution in [0, 0.1) is 6.92 Å². The predicted octanol–water partition coefficient (Wildman–Crippen LogP) is 5.35. The lowest BCUT2D eigenvalue weighted by Gasteiger charge is -2.01. The van der Waals surface area contributed by atoms with Gasteiger partial charge >= 0.3 is 0 Å². The van der Waals surface area contributed by atoms with Crippen molar-refractivity contribution in [2.45, 2.75) is 13.5 Å². The minimum absolute atomic E-state index is 0.666. The van der Waals surface area contributed by atoms with Crippen molar-refractivity contribution >= 4 is 38.0 Å². The molecule has 6 heteroatoms. The van der Waals surface area contributed by atoms with Crippen molar-refractivity contribution in [2.24, 2.45) is 0 Å². The van der Waals surface area contributed by atoms with Crippen molar-refractivity contribution in [3.63, 3.8) is 0 Å². The standard InChI is InChI=1S/C19H17N3OS2/c1-12-5-3-4-6-15(12)18-21-13(11-24-18)10-20-19-22-16-8-7-14(23-2)9-17(16)25-19/h3-9,11H,10H2,1-2H3,(H,20,22). The Bertz CT molecular complexity index is 1020. The molecule has 4 rings (SSSR count). The molecule has 0 saturated heterocycles. The van der Waals surface area contributed by atoms with Gasteiger partial charge in [0.25, 0.3) is 0 Å². The summed E-state index contributed by atoms with van der Waals surface area (Å²) in [7, 11) is 1.68. The normalized spacial score (nSPS) is 11.0. The maximum Gasteiger partial charge on any atom is 0.184 e. The number of benzene rings is 2. The molecule has 4 aromatic rings. The summed E-state index contributed by atoms with van der Waals surface area (Å²) in [6.45, 7) is 2.78. The first-order chi connectivity index (χ1) is 12.2. The van der Waals surface area contributed by atoms with Gasteiger partial charge in [-0.1, -0.05) is 35.6 Å². The van der Waals surface area contributed by atoms with Crippen LogP contribution >= 0.6 is 22.7 Å². The van der Waals surface area contributed by atoms with Crippen molar-refractivity contribution in [2.75, 3.05) is 12.4 Å². The van der Waals surface area contributed by atoms with Crippen LogP contribution in [-0.2, 0) is 6.54 Å². The Kier molecular flexibility index (Phi) is 4.38. The topological polar surface area (TPSA) is 47.0 Å². The van der Waals surface area contributed by atoms with E-state index >= 15 is 0 Å². The predicted molar refractivity (Wildman–Crippen MR) is 106 cm³/mol. The molecule has 2 aromatic heterocycles. The zero-order valence-electron chi connectivity index (χ0n) is 13.9. The largest absolute Gasteiger partial charge is 0.497 e. The third kappa shape index (κ3) is 3.36. The summed E-state index contributed by atoms with van der Waals surface area (Å²) in [6.07, 6.45) is 0. The summed E-state index contributed by atoms with van der Waals surface area (Å²) in [5, 5.41) is 7.44. The molecule has 0 aliphatic heterocycles. The second-order valence-electron chi connectivity index (χ2n) is 5.67. The monoisotopic (exact) mass is 367 g/mol. The summed E-state index contributed by atoms with van der Waals surface area (Å²) < 4.78 is 6.38. The van der Waals surface area contributed by atoms with E-state index in [1.165, 1.54) is 11.1 Å². The molecule has 0 spiro atoms. The highest BCUT2D eigenvalue weighted by Gasteiger charge is 2.09. The first-order valence-corrected chi connectivity index (χ1v) is 9.61. The van der Waals surface area contributed by atoms with Crippen LogP contribution in [0.4, 0.5) is 5.13 Å². The Morgan fingerprint density at radius 2 is 2.00 bits per heavy atom. The molecule has 0 aliphatic carbocycles. The van der Waals surface area contributed by atoms with Gasteiger partial charge in [0.15, 0.2) is 5.13 Å². The minimum atomic E-state index is 0.666. The number of rotatable bonds is 5. The van der Waals surface area contributed by atoms with Gasteiger partial charge in [-0.3, -0.25) is 0 Å². The van der Waals surface area contributed by atoms with E-state index in [4.69, 9.17) is 9.72 Å². The summed E-state index contributed by atoms with van der Waals surface area (Å²) in [5.41, 5.74) is 4.45. The molecule has 0 aliphatic rings. The van der Waals surface area contributed by atoms with E-state index in [9.17, 15) is 0 Å². The zero-order valence-corrected chi connectivity index (χ0v) is 15.6.